The van der Waals surface area contributed by atoms with Gasteiger partial charge in [0, 0.05) is 33.0 Å². The Bertz CT molecular complexity index is 359. The van der Waals surface area contributed by atoms with E-state index in [1.807, 2.05) is 0 Å². The molecule has 0 spiro atoms. The number of Topliss-reactive ketones (excluding diaryl/α,β-unsaturated/α-hetero) is 1. The van der Waals surface area contributed by atoms with E-state index in [1.165, 1.54) is 27.1 Å². The zero-order valence-electron chi connectivity index (χ0n) is 12.4. The normalized spacial score (nSPS) is 12.6. The minimum absolute atomic E-state index is 0.130. The summed E-state index contributed by atoms with van der Waals surface area (Å²) in [5.74, 6) is 5.70. The Hall–Kier alpha value is -0.620. The van der Waals surface area contributed by atoms with Crippen molar-refractivity contribution >= 4 is 13.4 Å². The van der Waals surface area contributed by atoms with Crippen LogP contribution in [0.4, 0.5) is 0 Å². The molecule has 0 aliphatic heterocycles. The van der Waals surface area contributed by atoms with Crippen LogP contribution in [0.3, 0.4) is 0 Å². The number of hydrogen-bond acceptors (Lipinski definition) is 4. The van der Waals surface area contributed by atoms with E-state index in [2.05, 4.69) is 18.8 Å². The van der Waals surface area contributed by atoms with Crippen LogP contribution in [0.25, 0.3) is 0 Å². The molecule has 0 heterocycles. The van der Waals surface area contributed by atoms with E-state index in [0.717, 1.165) is 12.8 Å². The monoisotopic (exact) mass is 288 g/mol. The van der Waals surface area contributed by atoms with Crippen molar-refractivity contribution in [1.82, 2.24) is 0 Å². The minimum Gasteiger partial charge on any atom is -0.312 e. The highest BCUT2D eigenvalue weighted by molar-refractivity contribution is 7.54. The topological polar surface area (TPSA) is 52.6 Å². The van der Waals surface area contributed by atoms with Crippen LogP contribution >= 0.6 is 7.60 Å². The second kappa shape index (κ2) is 10.2. The predicted molar refractivity (Wildman–Crippen MR) is 77.2 cm³/mol. The van der Waals surface area contributed by atoms with Gasteiger partial charge in [-0.25, -0.2) is 0 Å². The summed E-state index contributed by atoms with van der Waals surface area (Å²) in [6.07, 6.45) is 4.67. The first kappa shape index (κ1) is 18.4. The molecule has 4 nitrogen and oxygen atoms in total. The number of carbonyl (C=O) groups is 1. The van der Waals surface area contributed by atoms with Crippen molar-refractivity contribution in [2.75, 3.05) is 20.4 Å². The van der Waals surface area contributed by atoms with Gasteiger partial charge in [0.1, 0.15) is 11.9 Å². The van der Waals surface area contributed by atoms with Gasteiger partial charge < -0.3 is 9.05 Å². The fourth-order valence-electron chi connectivity index (χ4n) is 1.44. The van der Waals surface area contributed by atoms with Gasteiger partial charge in [0.05, 0.1) is 0 Å². The molecule has 0 aromatic heterocycles. The lowest BCUT2D eigenvalue weighted by molar-refractivity contribution is -0.120. The van der Waals surface area contributed by atoms with Crippen LogP contribution in [0.5, 0.6) is 0 Å². The average Bonchev–Trinajstić information content (AvgIpc) is 2.42. The highest BCUT2D eigenvalue weighted by atomic mass is 31.2. The van der Waals surface area contributed by atoms with E-state index >= 15 is 0 Å². The highest BCUT2D eigenvalue weighted by Gasteiger charge is 2.27. The molecule has 0 rings (SSSR count). The molecule has 0 aliphatic carbocycles. The van der Waals surface area contributed by atoms with Crippen LogP contribution in [-0.2, 0) is 18.4 Å². The smallest absolute Gasteiger partial charge is 0.312 e. The SMILES string of the molecule is CCCCCC#CCC(C)C(=O)CP(=O)(OC)OC. The first-order valence-electron chi connectivity index (χ1n) is 6.68. The van der Waals surface area contributed by atoms with Crippen LogP contribution in [-0.4, -0.2) is 26.2 Å². The molecule has 0 bridgehead atoms. The molecule has 19 heavy (non-hydrogen) atoms. The first-order valence-corrected chi connectivity index (χ1v) is 8.40. The summed E-state index contributed by atoms with van der Waals surface area (Å²) < 4.78 is 21.3. The summed E-state index contributed by atoms with van der Waals surface area (Å²) in [4.78, 5) is 11.8. The lowest BCUT2D eigenvalue weighted by Crippen LogP contribution is -2.16. The molecule has 0 aromatic carbocycles. The molecular formula is C14H25O4P. The quantitative estimate of drug-likeness (QED) is 0.369. The van der Waals surface area contributed by atoms with Crippen LogP contribution in [0, 0.1) is 17.8 Å². The second-order valence-electron chi connectivity index (χ2n) is 4.52. The Balaban J connectivity index is 4.10. The van der Waals surface area contributed by atoms with Crippen LogP contribution in [0.2, 0.25) is 0 Å². The van der Waals surface area contributed by atoms with E-state index in [0.29, 0.717) is 6.42 Å². The number of unbranched alkanes of at least 4 members (excludes halogenated alkanes) is 3. The first-order chi connectivity index (χ1) is 8.99. The molecule has 1 unspecified atom stereocenters. The molecule has 5 heteroatoms. The molecule has 0 N–H and O–H groups in total. The van der Waals surface area contributed by atoms with Crippen molar-refractivity contribution in [3.8, 4) is 11.8 Å². The summed E-state index contributed by atoms with van der Waals surface area (Å²) in [5, 5.41) is 0. The van der Waals surface area contributed by atoms with Gasteiger partial charge >= 0.3 is 7.60 Å². The molecule has 0 amide bonds. The molecule has 0 fully saturated rings. The fraction of sp³-hybridized carbons (Fsp3) is 0.786. The maximum absolute atomic E-state index is 11.8. The highest BCUT2D eigenvalue weighted by Crippen LogP contribution is 2.46. The third kappa shape index (κ3) is 8.21. The lowest BCUT2D eigenvalue weighted by Gasteiger charge is -2.14. The summed E-state index contributed by atoms with van der Waals surface area (Å²) in [6, 6.07) is 0. The van der Waals surface area contributed by atoms with E-state index in [1.54, 1.807) is 6.92 Å². The van der Waals surface area contributed by atoms with Gasteiger partial charge in [-0.1, -0.05) is 26.7 Å². The Morgan fingerprint density at radius 2 is 1.84 bits per heavy atom. The molecule has 0 aromatic rings. The van der Waals surface area contributed by atoms with E-state index in [9.17, 15) is 9.36 Å². The number of rotatable bonds is 9. The molecule has 0 saturated carbocycles. The third-order valence-electron chi connectivity index (χ3n) is 2.89. The maximum Gasteiger partial charge on any atom is 0.337 e. The van der Waals surface area contributed by atoms with Gasteiger partial charge in [0.2, 0.25) is 0 Å². The zero-order valence-corrected chi connectivity index (χ0v) is 13.3. The average molecular weight is 288 g/mol. The third-order valence-corrected chi connectivity index (χ3v) is 4.71. The van der Waals surface area contributed by atoms with Crippen molar-refractivity contribution in [3.05, 3.63) is 0 Å². The Kier molecular flexibility index (Phi) is 9.87. The largest absolute Gasteiger partial charge is 0.337 e. The summed E-state index contributed by atoms with van der Waals surface area (Å²) in [6.45, 7) is 3.94. The van der Waals surface area contributed by atoms with Crippen LogP contribution in [0.15, 0.2) is 0 Å². The van der Waals surface area contributed by atoms with Crippen molar-refractivity contribution in [1.29, 1.82) is 0 Å². The van der Waals surface area contributed by atoms with E-state index < -0.39 is 7.60 Å². The number of ketones is 1. The lowest BCUT2D eigenvalue weighted by atomic mass is 10.0. The molecule has 110 valence electrons. The molecule has 0 radical (unpaired) electrons. The van der Waals surface area contributed by atoms with Crippen LogP contribution < -0.4 is 0 Å². The van der Waals surface area contributed by atoms with Gasteiger partial charge in [0.15, 0.2) is 0 Å². The summed E-state index contributed by atoms with van der Waals surface area (Å²) in [5.41, 5.74) is 0. The van der Waals surface area contributed by atoms with Gasteiger partial charge in [-0.3, -0.25) is 9.36 Å². The minimum atomic E-state index is -3.24. The van der Waals surface area contributed by atoms with Gasteiger partial charge in [-0.2, -0.15) is 0 Å². The van der Waals surface area contributed by atoms with Gasteiger partial charge in [-0.05, 0) is 6.42 Å². The molecule has 1 atom stereocenters. The van der Waals surface area contributed by atoms with Crippen molar-refractivity contribution < 1.29 is 18.4 Å². The molecule has 0 saturated heterocycles. The van der Waals surface area contributed by atoms with E-state index in [4.69, 9.17) is 9.05 Å². The number of hydrogen-bond donors (Lipinski definition) is 0. The van der Waals surface area contributed by atoms with Gasteiger partial charge in [-0.15, -0.1) is 11.8 Å². The second-order valence-corrected chi connectivity index (χ2v) is 6.78. The summed E-state index contributed by atoms with van der Waals surface area (Å²) >= 11 is 0. The Morgan fingerprint density at radius 1 is 1.21 bits per heavy atom. The van der Waals surface area contributed by atoms with Crippen LogP contribution in [0.1, 0.15) is 46.0 Å². The fourth-order valence-corrected chi connectivity index (χ4v) is 2.54. The van der Waals surface area contributed by atoms with Gasteiger partial charge in [0.25, 0.3) is 0 Å². The number of carbonyl (C=O) groups excluding carboxylic acids is 1. The Labute approximate surface area is 116 Å². The standard InChI is InChI=1S/C14H25O4P/c1-5-6-7-8-9-10-11-13(2)14(15)12-19(16,17-3)18-4/h13H,5-8,11-12H2,1-4H3. The van der Waals surface area contributed by atoms with E-state index in [-0.39, 0.29) is 17.9 Å². The zero-order chi connectivity index (χ0) is 14.7. The van der Waals surface area contributed by atoms with Crippen molar-refractivity contribution in [3.63, 3.8) is 0 Å². The van der Waals surface area contributed by atoms with Crippen molar-refractivity contribution in [2.45, 2.75) is 46.0 Å². The molecule has 0 aliphatic rings. The summed E-state index contributed by atoms with van der Waals surface area (Å²) in [7, 11) is -0.668. The maximum atomic E-state index is 11.8. The van der Waals surface area contributed by atoms with Crippen molar-refractivity contribution in [2.24, 2.45) is 5.92 Å². The molecular weight excluding hydrogens is 263 g/mol. The Morgan fingerprint density at radius 3 is 2.37 bits per heavy atom. The predicted octanol–water partition coefficient (Wildman–Crippen LogP) is 3.65.